The molecule has 0 aromatic carbocycles. The van der Waals surface area contributed by atoms with Crippen LogP contribution in [0.3, 0.4) is 0 Å². The number of carbonyl (C=O) groups is 1. The van der Waals surface area contributed by atoms with Gasteiger partial charge in [0.1, 0.15) is 5.76 Å². The van der Waals surface area contributed by atoms with E-state index in [-0.39, 0.29) is 11.9 Å². The van der Waals surface area contributed by atoms with Crippen molar-refractivity contribution in [2.75, 3.05) is 13.1 Å². The second-order valence-corrected chi connectivity index (χ2v) is 3.17. The lowest BCUT2D eigenvalue weighted by molar-refractivity contribution is -0.118. The van der Waals surface area contributed by atoms with Crippen LogP contribution in [0.5, 0.6) is 0 Å². The molecule has 0 saturated carbocycles. The smallest absolute Gasteiger partial charge is 0.216 e. The lowest BCUT2D eigenvalue weighted by Gasteiger charge is -2.10. The fourth-order valence-corrected chi connectivity index (χ4v) is 1.17. The van der Waals surface area contributed by atoms with Gasteiger partial charge in [-0.15, -0.1) is 0 Å². The van der Waals surface area contributed by atoms with Crippen LogP contribution in [0.1, 0.15) is 25.6 Å². The molecule has 1 aromatic rings. The first-order valence-electron chi connectivity index (χ1n) is 4.71. The molecular weight excluding hydrogens is 180 g/mol. The van der Waals surface area contributed by atoms with Crippen molar-refractivity contribution in [2.24, 2.45) is 0 Å². The molecule has 1 heterocycles. The van der Waals surface area contributed by atoms with Gasteiger partial charge in [0.2, 0.25) is 5.91 Å². The molecule has 0 fully saturated rings. The van der Waals surface area contributed by atoms with Crippen molar-refractivity contribution in [3.63, 3.8) is 0 Å². The average molecular weight is 196 g/mol. The zero-order chi connectivity index (χ0) is 10.4. The Morgan fingerprint density at radius 1 is 1.57 bits per heavy atom. The van der Waals surface area contributed by atoms with Crippen LogP contribution in [0.4, 0.5) is 0 Å². The van der Waals surface area contributed by atoms with E-state index in [0.29, 0.717) is 6.54 Å². The number of rotatable bonds is 5. The van der Waals surface area contributed by atoms with E-state index in [0.717, 1.165) is 12.3 Å². The molecule has 1 rings (SSSR count). The molecule has 0 bridgehead atoms. The molecule has 1 atom stereocenters. The van der Waals surface area contributed by atoms with Gasteiger partial charge in [0.25, 0.3) is 0 Å². The molecule has 0 aliphatic rings. The molecule has 78 valence electrons. The van der Waals surface area contributed by atoms with E-state index in [2.05, 4.69) is 10.6 Å². The van der Waals surface area contributed by atoms with Crippen molar-refractivity contribution >= 4 is 5.91 Å². The summed E-state index contributed by atoms with van der Waals surface area (Å²) in [5.41, 5.74) is 0. The van der Waals surface area contributed by atoms with Crippen LogP contribution in [-0.2, 0) is 4.79 Å². The second-order valence-electron chi connectivity index (χ2n) is 3.17. The first-order valence-corrected chi connectivity index (χ1v) is 4.71. The number of nitrogens with one attached hydrogen (secondary N) is 2. The van der Waals surface area contributed by atoms with E-state index >= 15 is 0 Å². The largest absolute Gasteiger partial charge is 0.468 e. The SMILES string of the molecule is CC(=O)NCCN[C@H](C)c1ccco1. The molecule has 14 heavy (non-hydrogen) atoms. The van der Waals surface area contributed by atoms with Crippen LogP contribution in [-0.4, -0.2) is 19.0 Å². The number of amides is 1. The maximum atomic E-state index is 10.6. The zero-order valence-corrected chi connectivity index (χ0v) is 8.54. The van der Waals surface area contributed by atoms with Crippen LogP contribution in [0, 0.1) is 0 Å². The number of furan rings is 1. The minimum absolute atomic E-state index is 0.00236. The third kappa shape index (κ3) is 3.62. The molecule has 1 amide bonds. The van der Waals surface area contributed by atoms with Crippen molar-refractivity contribution in [3.05, 3.63) is 24.2 Å². The van der Waals surface area contributed by atoms with Crippen LogP contribution in [0.15, 0.2) is 22.8 Å². The summed E-state index contributed by atoms with van der Waals surface area (Å²) >= 11 is 0. The molecule has 0 saturated heterocycles. The van der Waals surface area contributed by atoms with Gasteiger partial charge in [0.15, 0.2) is 0 Å². The van der Waals surface area contributed by atoms with Gasteiger partial charge in [0, 0.05) is 20.0 Å². The minimum Gasteiger partial charge on any atom is -0.468 e. The van der Waals surface area contributed by atoms with Gasteiger partial charge in [-0.1, -0.05) is 0 Å². The highest BCUT2D eigenvalue weighted by Crippen LogP contribution is 2.11. The Kier molecular flexibility index (Phi) is 4.19. The number of hydrogen-bond acceptors (Lipinski definition) is 3. The summed E-state index contributed by atoms with van der Waals surface area (Å²) in [6.07, 6.45) is 1.65. The summed E-state index contributed by atoms with van der Waals surface area (Å²) < 4.78 is 5.22. The quantitative estimate of drug-likeness (QED) is 0.692. The first-order chi connectivity index (χ1) is 6.70. The monoisotopic (exact) mass is 196 g/mol. The maximum Gasteiger partial charge on any atom is 0.216 e. The molecular formula is C10H16N2O2. The molecule has 2 N–H and O–H groups in total. The first kappa shape index (κ1) is 10.8. The van der Waals surface area contributed by atoms with Crippen molar-refractivity contribution < 1.29 is 9.21 Å². The Morgan fingerprint density at radius 2 is 2.36 bits per heavy atom. The number of hydrogen-bond donors (Lipinski definition) is 2. The highest BCUT2D eigenvalue weighted by atomic mass is 16.3. The van der Waals surface area contributed by atoms with Gasteiger partial charge in [0.05, 0.1) is 12.3 Å². The van der Waals surface area contributed by atoms with E-state index in [9.17, 15) is 4.79 Å². The van der Waals surface area contributed by atoms with E-state index < -0.39 is 0 Å². The average Bonchev–Trinajstić information content (AvgIpc) is 2.64. The highest BCUT2D eigenvalue weighted by molar-refractivity contribution is 5.72. The molecule has 0 aliphatic carbocycles. The van der Waals surface area contributed by atoms with Gasteiger partial charge >= 0.3 is 0 Å². The Balaban J connectivity index is 2.16. The summed E-state index contributed by atoms with van der Waals surface area (Å²) in [5, 5.41) is 5.95. The Labute approximate surface area is 83.7 Å². The van der Waals surface area contributed by atoms with Crippen LogP contribution in [0.25, 0.3) is 0 Å². The summed E-state index contributed by atoms with van der Waals surface area (Å²) in [6.45, 7) is 4.91. The molecule has 4 nitrogen and oxygen atoms in total. The van der Waals surface area contributed by atoms with E-state index in [4.69, 9.17) is 4.42 Å². The number of carbonyl (C=O) groups excluding carboxylic acids is 1. The fraction of sp³-hybridized carbons (Fsp3) is 0.500. The van der Waals surface area contributed by atoms with Gasteiger partial charge in [-0.3, -0.25) is 4.79 Å². The Morgan fingerprint density at radius 3 is 2.93 bits per heavy atom. The summed E-state index contributed by atoms with van der Waals surface area (Å²) in [5.74, 6) is 0.908. The van der Waals surface area contributed by atoms with Gasteiger partial charge in [-0.05, 0) is 19.1 Å². The highest BCUT2D eigenvalue weighted by Gasteiger charge is 2.05. The Hall–Kier alpha value is -1.29. The summed E-state index contributed by atoms with van der Waals surface area (Å²) in [7, 11) is 0. The van der Waals surface area contributed by atoms with Crippen molar-refractivity contribution in [3.8, 4) is 0 Å². The third-order valence-electron chi connectivity index (χ3n) is 1.92. The topological polar surface area (TPSA) is 54.3 Å². The standard InChI is InChI=1S/C10H16N2O2/c1-8(10-4-3-7-14-10)11-5-6-12-9(2)13/h3-4,7-8,11H,5-6H2,1-2H3,(H,12,13)/t8-/m1/s1. The molecule has 1 aromatic heterocycles. The third-order valence-corrected chi connectivity index (χ3v) is 1.92. The fourth-order valence-electron chi connectivity index (χ4n) is 1.17. The van der Waals surface area contributed by atoms with Gasteiger partial charge in [-0.2, -0.15) is 0 Å². The Bertz CT molecular complexity index is 270. The van der Waals surface area contributed by atoms with Crippen LogP contribution < -0.4 is 10.6 Å². The molecule has 0 spiro atoms. The lowest BCUT2D eigenvalue weighted by Crippen LogP contribution is -2.31. The van der Waals surface area contributed by atoms with E-state index in [1.807, 2.05) is 19.1 Å². The second kappa shape index (κ2) is 5.44. The van der Waals surface area contributed by atoms with Crippen molar-refractivity contribution in [1.82, 2.24) is 10.6 Å². The van der Waals surface area contributed by atoms with E-state index in [1.54, 1.807) is 6.26 Å². The maximum absolute atomic E-state index is 10.6. The van der Waals surface area contributed by atoms with Crippen molar-refractivity contribution in [1.29, 1.82) is 0 Å². The van der Waals surface area contributed by atoms with E-state index in [1.165, 1.54) is 6.92 Å². The molecule has 0 unspecified atom stereocenters. The summed E-state index contributed by atoms with van der Waals surface area (Å²) in [6, 6.07) is 3.97. The van der Waals surface area contributed by atoms with Gasteiger partial charge < -0.3 is 15.1 Å². The zero-order valence-electron chi connectivity index (χ0n) is 8.54. The molecule has 0 aliphatic heterocycles. The molecule has 4 heteroatoms. The summed E-state index contributed by atoms with van der Waals surface area (Å²) in [4.78, 5) is 10.6. The molecule has 0 radical (unpaired) electrons. The predicted octanol–water partition coefficient (Wildman–Crippen LogP) is 1.07. The van der Waals surface area contributed by atoms with Crippen molar-refractivity contribution in [2.45, 2.75) is 19.9 Å². The van der Waals surface area contributed by atoms with Gasteiger partial charge in [-0.25, -0.2) is 0 Å². The van der Waals surface area contributed by atoms with Crippen LogP contribution >= 0.6 is 0 Å². The van der Waals surface area contributed by atoms with Crippen LogP contribution in [0.2, 0.25) is 0 Å². The normalized spacial score (nSPS) is 12.4. The predicted molar refractivity (Wildman–Crippen MR) is 53.8 cm³/mol. The lowest BCUT2D eigenvalue weighted by atomic mass is 10.2. The minimum atomic E-state index is -0.00236.